The highest BCUT2D eigenvalue weighted by Gasteiger charge is 2.55. The molecule has 2 heterocycles. The molecule has 2 aliphatic rings. The van der Waals surface area contributed by atoms with Gasteiger partial charge in [-0.15, -0.1) is 0 Å². The Morgan fingerprint density at radius 1 is 1.19 bits per heavy atom. The van der Waals surface area contributed by atoms with E-state index in [4.69, 9.17) is 23.4 Å². The first-order valence-electron chi connectivity index (χ1n) is 9.36. The monoisotopic (exact) mass is 386 g/mol. The molecule has 26 heavy (non-hydrogen) atoms. The van der Waals surface area contributed by atoms with Gasteiger partial charge in [0.15, 0.2) is 14.1 Å². The number of carbonyl (C=O) groups excluding carboxylic acids is 1. The number of hydrogen-bond donors (Lipinski definition) is 0. The van der Waals surface area contributed by atoms with Gasteiger partial charge in [0.25, 0.3) is 0 Å². The van der Waals surface area contributed by atoms with Crippen LogP contribution in [0.25, 0.3) is 0 Å². The molecule has 0 aliphatic carbocycles. The second-order valence-electron chi connectivity index (χ2n) is 8.89. The van der Waals surface area contributed by atoms with E-state index in [-0.39, 0.29) is 35.4 Å². The van der Waals surface area contributed by atoms with Crippen LogP contribution in [0.4, 0.5) is 0 Å². The van der Waals surface area contributed by atoms with Crippen LogP contribution >= 0.6 is 0 Å². The highest BCUT2D eigenvalue weighted by atomic mass is 28.4. The lowest BCUT2D eigenvalue weighted by Crippen LogP contribution is -2.44. The van der Waals surface area contributed by atoms with Gasteiger partial charge < -0.3 is 23.4 Å². The van der Waals surface area contributed by atoms with Crippen molar-refractivity contribution in [2.24, 2.45) is 0 Å². The predicted molar refractivity (Wildman–Crippen MR) is 101 cm³/mol. The zero-order valence-electron chi connectivity index (χ0n) is 17.3. The summed E-state index contributed by atoms with van der Waals surface area (Å²) < 4.78 is 29.4. The second kappa shape index (κ2) is 7.71. The van der Waals surface area contributed by atoms with Crippen LogP contribution in [0, 0.1) is 0 Å². The van der Waals surface area contributed by atoms with Gasteiger partial charge in [0.05, 0.1) is 13.2 Å². The quantitative estimate of drug-likeness (QED) is 0.396. The average molecular weight is 387 g/mol. The molecule has 2 saturated heterocycles. The van der Waals surface area contributed by atoms with Crippen molar-refractivity contribution in [3.8, 4) is 0 Å². The lowest BCUT2D eigenvalue weighted by molar-refractivity contribution is -0.184. The standard InChI is InChI=1S/C19H34O6Si/c1-9-21-15(20)11-10-13-16-17(25-19(5,6)24-16)14(23-13)12-22-26(7,8)18(2,3)4/h10-11,13-14,16-17H,9,12H2,1-8H3/b11-10+/t13-,14-,16+,17-/m1/s1. The van der Waals surface area contributed by atoms with Crippen LogP contribution in [0.5, 0.6) is 0 Å². The number of carbonyl (C=O) groups is 1. The van der Waals surface area contributed by atoms with Gasteiger partial charge in [0.2, 0.25) is 0 Å². The fraction of sp³-hybridized carbons (Fsp3) is 0.842. The van der Waals surface area contributed by atoms with Gasteiger partial charge in [-0.3, -0.25) is 0 Å². The van der Waals surface area contributed by atoms with Crippen LogP contribution in [-0.2, 0) is 28.2 Å². The third-order valence-corrected chi connectivity index (χ3v) is 9.81. The fourth-order valence-electron chi connectivity index (χ4n) is 2.88. The second-order valence-corrected chi connectivity index (χ2v) is 13.7. The van der Waals surface area contributed by atoms with Crippen molar-refractivity contribution in [3.63, 3.8) is 0 Å². The Hall–Kier alpha value is -0.733. The number of rotatable bonds is 6. The fourth-order valence-corrected chi connectivity index (χ4v) is 3.89. The lowest BCUT2D eigenvalue weighted by atomic mass is 10.1. The summed E-state index contributed by atoms with van der Waals surface area (Å²) in [5.74, 6) is -1.06. The molecule has 0 spiro atoms. The van der Waals surface area contributed by atoms with E-state index < -0.39 is 14.1 Å². The summed E-state index contributed by atoms with van der Waals surface area (Å²) >= 11 is 0. The van der Waals surface area contributed by atoms with Crippen LogP contribution < -0.4 is 0 Å². The molecule has 6 nitrogen and oxygen atoms in total. The molecule has 4 atom stereocenters. The smallest absolute Gasteiger partial charge is 0.330 e. The first-order chi connectivity index (χ1) is 11.9. The van der Waals surface area contributed by atoms with Crippen LogP contribution in [0.3, 0.4) is 0 Å². The molecule has 150 valence electrons. The Kier molecular flexibility index (Phi) is 6.40. The average Bonchev–Trinajstić information content (AvgIpc) is 2.96. The first-order valence-corrected chi connectivity index (χ1v) is 12.3. The number of esters is 1. The van der Waals surface area contributed by atoms with E-state index in [0.717, 1.165) is 0 Å². The highest BCUT2D eigenvalue weighted by Crippen LogP contribution is 2.41. The summed E-state index contributed by atoms with van der Waals surface area (Å²) in [5, 5.41) is 0.126. The SMILES string of the molecule is CCOC(=O)/C=C/[C@H]1O[C@H](CO[Si](C)(C)C(C)(C)C)[C@H]2OC(C)(C)O[C@H]21. The zero-order chi connectivity index (χ0) is 19.8. The number of fused-ring (bicyclic) bond motifs is 1. The summed E-state index contributed by atoms with van der Waals surface area (Å²) in [6.45, 7) is 17.4. The Balaban J connectivity index is 2.07. The minimum absolute atomic E-state index is 0.126. The van der Waals surface area contributed by atoms with Crippen LogP contribution in [0.15, 0.2) is 12.2 Å². The molecular formula is C19H34O6Si. The van der Waals surface area contributed by atoms with Gasteiger partial charge in [-0.25, -0.2) is 4.79 Å². The molecule has 0 bridgehead atoms. The minimum atomic E-state index is -1.89. The molecule has 2 aliphatic heterocycles. The highest BCUT2D eigenvalue weighted by molar-refractivity contribution is 6.74. The molecule has 0 aromatic heterocycles. The normalized spacial score (nSPS) is 31.4. The van der Waals surface area contributed by atoms with Gasteiger partial charge in [-0.2, -0.15) is 0 Å². The Morgan fingerprint density at radius 3 is 2.38 bits per heavy atom. The van der Waals surface area contributed by atoms with Crippen molar-refractivity contribution in [1.29, 1.82) is 0 Å². The summed E-state index contributed by atoms with van der Waals surface area (Å²) in [5.41, 5.74) is 0. The number of ether oxygens (including phenoxy) is 4. The summed E-state index contributed by atoms with van der Waals surface area (Å²) in [7, 11) is -1.89. The molecule has 0 amide bonds. The maximum absolute atomic E-state index is 11.6. The van der Waals surface area contributed by atoms with Gasteiger partial charge in [0.1, 0.15) is 24.4 Å². The van der Waals surface area contributed by atoms with E-state index >= 15 is 0 Å². The minimum Gasteiger partial charge on any atom is -0.463 e. The van der Waals surface area contributed by atoms with Crippen LogP contribution in [-0.4, -0.2) is 57.7 Å². The van der Waals surface area contributed by atoms with Crippen molar-refractivity contribution in [2.75, 3.05) is 13.2 Å². The van der Waals surface area contributed by atoms with E-state index in [9.17, 15) is 4.79 Å². The van der Waals surface area contributed by atoms with Crippen LogP contribution in [0.1, 0.15) is 41.5 Å². The molecule has 0 N–H and O–H groups in total. The van der Waals surface area contributed by atoms with E-state index in [1.54, 1.807) is 13.0 Å². The lowest BCUT2D eigenvalue weighted by Gasteiger charge is -2.37. The Morgan fingerprint density at radius 2 is 1.81 bits per heavy atom. The third kappa shape index (κ3) is 4.95. The van der Waals surface area contributed by atoms with Gasteiger partial charge >= 0.3 is 5.97 Å². The first kappa shape index (κ1) is 21.6. The van der Waals surface area contributed by atoms with E-state index in [1.807, 2.05) is 13.8 Å². The molecule has 7 heteroatoms. The number of hydrogen-bond acceptors (Lipinski definition) is 6. The third-order valence-electron chi connectivity index (χ3n) is 5.31. The molecule has 2 rings (SSSR count). The van der Waals surface area contributed by atoms with Crippen LogP contribution in [0.2, 0.25) is 18.1 Å². The zero-order valence-corrected chi connectivity index (χ0v) is 18.3. The topological polar surface area (TPSA) is 63.2 Å². The van der Waals surface area contributed by atoms with Crippen molar-refractivity contribution in [1.82, 2.24) is 0 Å². The molecule has 0 saturated carbocycles. The van der Waals surface area contributed by atoms with Gasteiger partial charge in [-0.05, 0) is 45.0 Å². The van der Waals surface area contributed by atoms with Gasteiger partial charge in [0, 0.05) is 6.08 Å². The van der Waals surface area contributed by atoms with Crippen molar-refractivity contribution >= 4 is 14.3 Å². The molecule has 2 fully saturated rings. The summed E-state index contributed by atoms with van der Waals surface area (Å²) in [6.07, 6.45) is 2.03. The summed E-state index contributed by atoms with van der Waals surface area (Å²) in [6, 6.07) is 0. The molecule has 0 unspecified atom stereocenters. The van der Waals surface area contributed by atoms with E-state index in [1.165, 1.54) is 6.08 Å². The molecule has 0 aromatic rings. The molecular weight excluding hydrogens is 352 g/mol. The largest absolute Gasteiger partial charge is 0.463 e. The van der Waals surface area contributed by atoms with Crippen molar-refractivity contribution in [2.45, 2.75) is 89.9 Å². The maximum atomic E-state index is 11.6. The Labute approximate surface area is 158 Å². The van der Waals surface area contributed by atoms with E-state index in [0.29, 0.717) is 13.2 Å². The maximum Gasteiger partial charge on any atom is 0.330 e. The molecule has 0 aromatic carbocycles. The summed E-state index contributed by atoms with van der Waals surface area (Å²) in [4.78, 5) is 11.6. The van der Waals surface area contributed by atoms with Gasteiger partial charge in [-0.1, -0.05) is 20.8 Å². The predicted octanol–water partition coefficient (Wildman–Crippen LogP) is 3.42. The Bertz CT molecular complexity index is 537. The van der Waals surface area contributed by atoms with Crippen molar-refractivity contribution in [3.05, 3.63) is 12.2 Å². The van der Waals surface area contributed by atoms with E-state index in [2.05, 4.69) is 33.9 Å². The van der Waals surface area contributed by atoms with Crippen molar-refractivity contribution < 1.29 is 28.2 Å². The molecule has 0 radical (unpaired) electrons.